The number of hydrogen-bond donors (Lipinski definition) is 2. The molecule has 8 heteroatoms. The predicted octanol–water partition coefficient (Wildman–Crippen LogP) is 4.16. The average Bonchev–Trinajstić information content (AvgIpc) is 3.09. The molecule has 1 aromatic carbocycles. The fourth-order valence-electron chi connectivity index (χ4n) is 3.36. The van der Waals surface area contributed by atoms with E-state index in [1.165, 1.54) is 0 Å². The van der Waals surface area contributed by atoms with Crippen LogP contribution >= 0.6 is 0 Å². The summed E-state index contributed by atoms with van der Waals surface area (Å²) in [6, 6.07) is 8.98. The lowest BCUT2D eigenvalue weighted by atomic mass is 10.0. The molecule has 3 rings (SSSR count). The number of carbonyl (C=O) groups is 2. The number of benzene rings is 1. The number of nitrogens with zero attached hydrogens (tertiary/aromatic N) is 3. The van der Waals surface area contributed by atoms with Crippen molar-refractivity contribution in [1.29, 1.82) is 0 Å². The Morgan fingerprint density at radius 2 is 1.84 bits per heavy atom. The zero-order chi connectivity index (χ0) is 22.8. The summed E-state index contributed by atoms with van der Waals surface area (Å²) in [5.41, 5.74) is 1.31. The largest absolute Gasteiger partial charge is 0.447 e. The number of rotatable bonds is 6. The highest BCUT2D eigenvalue weighted by Crippen LogP contribution is 2.26. The van der Waals surface area contributed by atoms with Gasteiger partial charge in [-0.2, -0.15) is 4.98 Å². The molecule has 31 heavy (non-hydrogen) atoms. The molecule has 0 aliphatic carbocycles. The van der Waals surface area contributed by atoms with Crippen molar-refractivity contribution in [3.63, 3.8) is 0 Å². The Bertz CT molecular complexity index is 937. The summed E-state index contributed by atoms with van der Waals surface area (Å²) in [5.74, 6) is 1.07. The summed E-state index contributed by atoms with van der Waals surface area (Å²) >= 11 is 0. The predicted molar refractivity (Wildman–Crippen MR) is 120 cm³/mol. The highest BCUT2D eigenvalue weighted by atomic mass is 16.6. The molecule has 0 spiro atoms. The van der Waals surface area contributed by atoms with Crippen molar-refractivity contribution in [2.45, 2.75) is 59.2 Å². The maximum atomic E-state index is 12.3. The molecule has 2 N–H and O–H groups in total. The maximum absolute atomic E-state index is 12.3. The van der Waals surface area contributed by atoms with Gasteiger partial charge in [0.25, 0.3) is 5.91 Å². The van der Waals surface area contributed by atoms with Crippen molar-refractivity contribution >= 4 is 23.8 Å². The van der Waals surface area contributed by atoms with E-state index in [0.29, 0.717) is 23.9 Å². The molecule has 1 aromatic heterocycles. The number of ether oxygens (including phenoxy) is 1. The zero-order valence-electron chi connectivity index (χ0n) is 19.0. The number of carbonyl (C=O) groups excluding carboxylic acids is 2. The van der Waals surface area contributed by atoms with E-state index in [1.54, 1.807) is 29.3 Å². The third-order valence-corrected chi connectivity index (χ3v) is 5.07. The van der Waals surface area contributed by atoms with Gasteiger partial charge in [0, 0.05) is 17.3 Å². The maximum Gasteiger partial charge on any atom is 0.415 e. The number of anilines is 2. The molecule has 1 fully saturated rings. The Morgan fingerprint density at radius 1 is 1.16 bits per heavy atom. The molecule has 2 atom stereocenters. The van der Waals surface area contributed by atoms with Crippen LogP contribution in [0.5, 0.6) is 0 Å². The van der Waals surface area contributed by atoms with E-state index in [1.807, 2.05) is 53.7 Å². The molecule has 2 aromatic rings. The van der Waals surface area contributed by atoms with Crippen LogP contribution in [0, 0.1) is 5.92 Å². The van der Waals surface area contributed by atoms with Gasteiger partial charge in [-0.25, -0.2) is 9.78 Å². The minimum atomic E-state index is -0.388. The number of nitrogens with one attached hydrogen (secondary N) is 2. The van der Waals surface area contributed by atoms with Crippen LogP contribution in [0.4, 0.5) is 16.6 Å². The first-order valence-electron chi connectivity index (χ1n) is 10.5. The topological polar surface area (TPSA) is 96.5 Å². The highest BCUT2D eigenvalue weighted by molar-refractivity contribution is 5.94. The number of aromatic nitrogens is 2. The second kappa shape index (κ2) is 8.91. The molecule has 8 nitrogen and oxygen atoms in total. The van der Waals surface area contributed by atoms with E-state index in [-0.39, 0.29) is 35.5 Å². The first-order chi connectivity index (χ1) is 14.5. The van der Waals surface area contributed by atoms with E-state index in [4.69, 9.17) is 4.74 Å². The second-order valence-corrected chi connectivity index (χ2v) is 9.19. The molecule has 1 aliphatic heterocycles. The summed E-state index contributed by atoms with van der Waals surface area (Å²) in [7, 11) is 0. The van der Waals surface area contributed by atoms with Crippen LogP contribution in [0.25, 0.3) is 0 Å². The first-order valence-corrected chi connectivity index (χ1v) is 10.5. The van der Waals surface area contributed by atoms with Gasteiger partial charge >= 0.3 is 6.09 Å². The lowest BCUT2D eigenvalue weighted by molar-refractivity contribution is 0.0919. The number of amides is 2. The molecule has 1 aliphatic rings. The molecule has 1 unspecified atom stereocenters. The number of cyclic esters (lactones) is 1. The summed E-state index contributed by atoms with van der Waals surface area (Å²) in [4.78, 5) is 34.9. The Hall–Kier alpha value is -3.16. The fraction of sp³-hybridized carbons (Fsp3) is 0.478. The Balaban J connectivity index is 1.71. The molecule has 0 radical (unpaired) electrons. The van der Waals surface area contributed by atoms with Gasteiger partial charge in [-0.3, -0.25) is 9.69 Å². The lowest BCUT2D eigenvalue weighted by Gasteiger charge is -2.24. The van der Waals surface area contributed by atoms with Crippen LogP contribution in [0.2, 0.25) is 0 Å². The standard InChI is InChI=1S/C23H31N5O3/c1-14(2)18-13-31-22(30)28(18)19-11-12-24-21(26-19)25-15(3)16-7-9-17(10-8-16)20(29)27-23(4,5)6/h7-12,14-15,18H,13H2,1-6H3,(H,27,29)(H,24,25,26)/t15-,18?/m0/s1. The minimum Gasteiger partial charge on any atom is -0.447 e. The monoisotopic (exact) mass is 425 g/mol. The van der Waals surface area contributed by atoms with Crippen LogP contribution < -0.4 is 15.5 Å². The van der Waals surface area contributed by atoms with Gasteiger partial charge in [0.15, 0.2) is 0 Å². The summed E-state index contributed by atoms with van der Waals surface area (Å²) in [6.45, 7) is 12.3. The number of hydrogen-bond acceptors (Lipinski definition) is 6. The summed E-state index contributed by atoms with van der Waals surface area (Å²) < 4.78 is 5.22. The smallest absolute Gasteiger partial charge is 0.415 e. The molecule has 1 saturated heterocycles. The highest BCUT2D eigenvalue weighted by Gasteiger charge is 2.37. The van der Waals surface area contributed by atoms with Gasteiger partial charge in [-0.15, -0.1) is 0 Å². The average molecular weight is 426 g/mol. The van der Waals surface area contributed by atoms with Crippen LogP contribution in [-0.2, 0) is 4.74 Å². The van der Waals surface area contributed by atoms with E-state index < -0.39 is 0 Å². The van der Waals surface area contributed by atoms with Crippen molar-refractivity contribution in [3.8, 4) is 0 Å². The Kier molecular flexibility index (Phi) is 6.48. The SMILES string of the molecule is CC(C)C1COC(=O)N1c1ccnc(N[C@@H](C)c2ccc(C(=O)NC(C)(C)C)cc2)n1. The van der Waals surface area contributed by atoms with Crippen molar-refractivity contribution < 1.29 is 14.3 Å². The third kappa shape index (κ3) is 5.51. The van der Waals surface area contributed by atoms with Crippen LogP contribution in [-0.4, -0.2) is 40.2 Å². The van der Waals surface area contributed by atoms with Crippen LogP contribution in [0.3, 0.4) is 0 Å². The second-order valence-electron chi connectivity index (χ2n) is 9.19. The van der Waals surface area contributed by atoms with Gasteiger partial charge in [0.1, 0.15) is 12.4 Å². The van der Waals surface area contributed by atoms with Gasteiger partial charge in [0.2, 0.25) is 5.95 Å². The van der Waals surface area contributed by atoms with Crippen molar-refractivity contribution in [2.75, 3.05) is 16.8 Å². The van der Waals surface area contributed by atoms with Crippen molar-refractivity contribution in [3.05, 3.63) is 47.7 Å². The van der Waals surface area contributed by atoms with Gasteiger partial charge in [0.05, 0.1) is 12.1 Å². The van der Waals surface area contributed by atoms with Crippen LogP contribution in [0.15, 0.2) is 36.5 Å². The molecule has 0 bridgehead atoms. The normalized spacial score (nSPS) is 17.5. The molecule has 0 saturated carbocycles. The molecular weight excluding hydrogens is 394 g/mol. The molecule has 166 valence electrons. The lowest BCUT2D eigenvalue weighted by Crippen LogP contribution is -2.40. The van der Waals surface area contributed by atoms with Gasteiger partial charge in [-0.1, -0.05) is 26.0 Å². The van der Waals surface area contributed by atoms with Gasteiger partial charge in [-0.05, 0) is 57.4 Å². The summed E-state index contributed by atoms with van der Waals surface area (Å²) in [6.07, 6.45) is 1.24. The molecule has 2 amide bonds. The van der Waals surface area contributed by atoms with E-state index >= 15 is 0 Å². The Labute approximate surface area is 183 Å². The van der Waals surface area contributed by atoms with Gasteiger partial charge < -0.3 is 15.4 Å². The summed E-state index contributed by atoms with van der Waals surface area (Å²) in [5, 5.41) is 6.22. The fourth-order valence-corrected chi connectivity index (χ4v) is 3.36. The van der Waals surface area contributed by atoms with E-state index in [0.717, 1.165) is 5.56 Å². The van der Waals surface area contributed by atoms with Crippen LogP contribution in [0.1, 0.15) is 63.5 Å². The van der Waals surface area contributed by atoms with E-state index in [2.05, 4.69) is 20.6 Å². The van der Waals surface area contributed by atoms with E-state index in [9.17, 15) is 9.59 Å². The Morgan fingerprint density at radius 3 is 2.45 bits per heavy atom. The third-order valence-electron chi connectivity index (χ3n) is 5.07. The first kappa shape index (κ1) is 22.5. The van der Waals surface area contributed by atoms with Crippen molar-refractivity contribution in [1.82, 2.24) is 15.3 Å². The molecule has 2 heterocycles. The molecular formula is C23H31N5O3. The van der Waals surface area contributed by atoms with Crippen molar-refractivity contribution in [2.24, 2.45) is 5.92 Å². The zero-order valence-corrected chi connectivity index (χ0v) is 19.0. The minimum absolute atomic E-state index is 0.0561. The quantitative estimate of drug-likeness (QED) is 0.721.